The molecule has 21 heavy (non-hydrogen) atoms. The van der Waals surface area contributed by atoms with Gasteiger partial charge in [0.25, 0.3) is 0 Å². The Morgan fingerprint density at radius 3 is 2.76 bits per heavy atom. The number of aryl methyl sites for hydroxylation is 1. The van der Waals surface area contributed by atoms with Crippen LogP contribution < -0.4 is 0 Å². The Kier molecular flexibility index (Phi) is 3.47. The molecule has 0 radical (unpaired) electrons. The average molecular weight is 303 g/mol. The van der Waals surface area contributed by atoms with Crippen LogP contribution in [0.3, 0.4) is 0 Å². The van der Waals surface area contributed by atoms with Crippen molar-refractivity contribution in [3.8, 4) is 22.9 Å². The second-order valence-corrected chi connectivity index (χ2v) is 5.33. The van der Waals surface area contributed by atoms with Gasteiger partial charge in [0.15, 0.2) is 11.5 Å². The molecule has 1 aromatic heterocycles. The highest BCUT2D eigenvalue weighted by Gasteiger charge is 2.17. The van der Waals surface area contributed by atoms with Gasteiger partial charge in [-0.25, -0.2) is 4.98 Å². The minimum Gasteiger partial charge on any atom is -0.504 e. The number of hydrogen-bond acceptors (Lipinski definition) is 3. The van der Waals surface area contributed by atoms with Crippen LogP contribution in [0.1, 0.15) is 13.3 Å². The molecule has 5 heteroatoms. The number of nitrogens with zero attached hydrogens (tertiary/aromatic N) is 2. The Morgan fingerprint density at radius 2 is 2.00 bits per heavy atom. The summed E-state index contributed by atoms with van der Waals surface area (Å²) in [6.45, 7) is 2.82. The van der Waals surface area contributed by atoms with Crippen LogP contribution in [-0.4, -0.2) is 19.8 Å². The molecular formula is C16H15ClN2O2. The van der Waals surface area contributed by atoms with E-state index in [1.165, 1.54) is 6.07 Å². The van der Waals surface area contributed by atoms with Gasteiger partial charge in [-0.3, -0.25) is 0 Å². The van der Waals surface area contributed by atoms with E-state index >= 15 is 0 Å². The summed E-state index contributed by atoms with van der Waals surface area (Å²) in [7, 11) is 0. The third kappa shape index (κ3) is 2.32. The van der Waals surface area contributed by atoms with E-state index in [9.17, 15) is 10.2 Å². The Labute approximate surface area is 127 Å². The molecule has 0 unspecified atom stereocenters. The predicted molar refractivity (Wildman–Crippen MR) is 83.8 cm³/mol. The van der Waals surface area contributed by atoms with E-state index in [2.05, 4.69) is 11.9 Å². The molecule has 0 spiro atoms. The summed E-state index contributed by atoms with van der Waals surface area (Å²) in [5, 5.41) is 20.4. The van der Waals surface area contributed by atoms with Crippen molar-refractivity contribution in [2.45, 2.75) is 19.9 Å². The van der Waals surface area contributed by atoms with Crippen molar-refractivity contribution in [1.82, 2.24) is 9.55 Å². The number of rotatable bonds is 3. The molecule has 0 saturated heterocycles. The van der Waals surface area contributed by atoms with Gasteiger partial charge < -0.3 is 14.8 Å². The first kappa shape index (κ1) is 13.8. The molecule has 0 aliphatic carbocycles. The Hall–Kier alpha value is -2.20. The lowest BCUT2D eigenvalue weighted by molar-refractivity contribution is 0.404. The van der Waals surface area contributed by atoms with Gasteiger partial charge in [-0.2, -0.15) is 0 Å². The van der Waals surface area contributed by atoms with Crippen molar-refractivity contribution in [1.29, 1.82) is 0 Å². The maximum Gasteiger partial charge on any atom is 0.168 e. The van der Waals surface area contributed by atoms with E-state index < -0.39 is 0 Å². The molecule has 108 valence electrons. The van der Waals surface area contributed by atoms with Crippen LogP contribution in [-0.2, 0) is 6.54 Å². The molecule has 0 saturated carbocycles. The topological polar surface area (TPSA) is 58.3 Å². The lowest BCUT2D eigenvalue weighted by Gasteiger charge is -2.10. The summed E-state index contributed by atoms with van der Waals surface area (Å²) >= 11 is 6.07. The molecule has 0 amide bonds. The van der Waals surface area contributed by atoms with E-state index in [1.807, 2.05) is 16.7 Å². The summed E-state index contributed by atoms with van der Waals surface area (Å²) in [4.78, 5) is 4.58. The highest BCUT2D eigenvalue weighted by molar-refractivity contribution is 6.31. The van der Waals surface area contributed by atoms with Gasteiger partial charge in [0.05, 0.1) is 16.6 Å². The van der Waals surface area contributed by atoms with Crippen molar-refractivity contribution < 1.29 is 10.2 Å². The summed E-state index contributed by atoms with van der Waals surface area (Å²) in [6, 6.07) is 10.4. The van der Waals surface area contributed by atoms with Gasteiger partial charge in [-0.15, -0.1) is 0 Å². The van der Waals surface area contributed by atoms with Crippen molar-refractivity contribution in [2.75, 3.05) is 0 Å². The van der Waals surface area contributed by atoms with Crippen LogP contribution in [0, 0.1) is 0 Å². The maximum atomic E-state index is 10.1. The number of halogens is 1. The Balaban J connectivity index is 2.31. The van der Waals surface area contributed by atoms with Crippen LogP contribution in [0.4, 0.5) is 0 Å². The third-order valence-electron chi connectivity index (χ3n) is 3.41. The molecule has 3 rings (SSSR count). The number of phenols is 2. The zero-order valence-corrected chi connectivity index (χ0v) is 12.3. The van der Waals surface area contributed by atoms with Crippen LogP contribution in [0.2, 0.25) is 5.02 Å². The number of imidazole rings is 1. The zero-order valence-electron chi connectivity index (χ0n) is 11.5. The summed E-state index contributed by atoms with van der Waals surface area (Å²) < 4.78 is 2.01. The van der Waals surface area contributed by atoms with Crippen LogP contribution in [0.5, 0.6) is 11.5 Å². The number of hydrogen-bond donors (Lipinski definition) is 2. The molecule has 0 aliphatic rings. The quantitative estimate of drug-likeness (QED) is 0.714. The normalized spacial score (nSPS) is 11.1. The predicted octanol–water partition coefficient (Wildman–Crippen LogP) is 4.18. The van der Waals surface area contributed by atoms with Gasteiger partial charge in [0.2, 0.25) is 0 Å². The van der Waals surface area contributed by atoms with Crippen LogP contribution in [0.25, 0.3) is 22.4 Å². The molecule has 1 heterocycles. The van der Waals surface area contributed by atoms with Gasteiger partial charge >= 0.3 is 0 Å². The SMILES string of the molecule is CCCn1c(-c2cccc(O)c2O)nc2ccc(Cl)cc21. The third-order valence-corrected chi connectivity index (χ3v) is 3.65. The first-order chi connectivity index (χ1) is 10.1. The monoisotopic (exact) mass is 302 g/mol. The van der Waals surface area contributed by atoms with E-state index in [-0.39, 0.29) is 11.5 Å². The van der Waals surface area contributed by atoms with Gasteiger partial charge in [-0.1, -0.05) is 24.6 Å². The van der Waals surface area contributed by atoms with Crippen molar-refractivity contribution in [2.24, 2.45) is 0 Å². The van der Waals surface area contributed by atoms with Gasteiger partial charge in [0, 0.05) is 11.6 Å². The Morgan fingerprint density at radius 1 is 1.19 bits per heavy atom. The van der Waals surface area contributed by atoms with Crippen molar-refractivity contribution in [3.05, 3.63) is 41.4 Å². The zero-order chi connectivity index (χ0) is 15.0. The first-order valence-electron chi connectivity index (χ1n) is 6.79. The molecule has 0 aliphatic heterocycles. The first-order valence-corrected chi connectivity index (χ1v) is 7.16. The number of benzene rings is 2. The van der Waals surface area contributed by atoms with Crippen molar-refractivity contribution >= 4 is 22.6 Å². The second kappa shape index (κ2) is 5.30. The minimum absolute atomic E-state index is 0.152. The van der Waals surface area contributed by atoms with Crippen molar-refractivity contribution in [3.63, 3.8) is 0 Å². The summed E-state index contributed by atoms with van der Waals surface area (Å²) in [5.41, 5.74) is 2.24. The molecule has 0 atom stereocenters. The number of aromatic hydroxyl groups is 2. The molecule has 0 fully saturated rings. The van der Waals surface area contributed by atoms with Gasteiger partial charge in [0.1, 0.15) is 5.82 Å². The smallest absolute Gasteiger partial charge is 0.168 e. The Bertz CT molecular complexity index is 811. The summed E-state index contributed by atoms with van der Waals surface area (Å²) in [6.07, 6.45) is 0.921. The fourth-order valence-electron chi connectivity index (χ4n) is 2.46. The van der Waals surface area contributed by atoms with Crippen LogP contribution >= 0.6 is 11.6 Å². The van der Waals surface area contributed by atoms with Crippen LogP contribution in [0.15, 0.2) is 36.4 Å². The lowest BCUT2D eigenvalue weighted by Crippen LogP contribution is -1.99. The molecule has 2 aromatic carbocycles. The minimum atomic E-state index is -0.156. The van der Waals surface area contributed by atoms with E-state index in [4.69, 9.17) is 11.6 Å². The van der Waals surface area contributed by atoms with E-state index in [0.29, 0.717) is 16.4 Å². The molecule has 0 bridgehead atoms. The highest BCUT2D eigenvalue weighted by Crippen LogP contribution is 2.37. The van der Waals surface area contributed by atoms with E-state index in [0.717, 1.165) is 24.0 Å². The summed E-state index contributed by atoms with van der Waals surface area (Å²) in [5.74, 6) is 0.319. The number of phenolic OH excluding ortho intramolecular Hbond substituents is 2. The average Bonchev–Trinajstić information content (AvgIpc) is 2.81. The molecular weight excluding hydrogens is 288 g/mol. The maximum absolute atomic E-state index is 10.1. The number of para-hydroxylation sites is 1. The largest absolute Gasteiger partial charge is 0.504 e. The fraction of sp³-hybridized carbons (Fsp3) is 0.188. The van der Waals surface area contributed by atoms with Gasteiger partial charge in [-0.05, 0) is 36.8 Å². The molecule has 4 nitrogen and oxygen atoms in total. The standard InChI is InChI=1S/C16H15ClN2O2/c1-2-8-19-13-9-10(17)6-7-12(13)18-16(19)11-4-3-5-14(20)15(11)21/h3-7,9,20-21H,2,8H2,1H3. The highest BCUT2D eigenvalue weighted by atomic mass is 35.5. The molecule has 3 aromatic rings. The second-order valence-electron chi connectivity index (χ2n) is 4.89. The lowest BCUT2D eigenvalue weighted by atomic mass is 10.1. The van der Waals surface area contributed by atoms with E-state index in [1.54, 1.807) is 18.2 Å². The fourth-order valence-corrected chi connectivity index (χ4v) is 2.63. The number of aromatic nitrogens is 2. The number of fused-ring (bicyclic) bond motifs is 1. The molecule has 2 N–H and O–H groups in total.